The molecule has 0 unspecified atom stereocenters. The van der Waals surface area contributed by atoms with E-state index in [4.69, 9.17) is 16.3 Å². The molecular formula is C19H15ClFNO4S. The number of carbonyl (C=O) groups excluding carboxylic acids is 2. The summed E-state index contributed by atoms with van der Waals surface area (Å²) >= 11 is 6.74. The smallest absolute Gasteiger partial charge is 0.293 e. The Balaban J connectivity index is 1.86. The molecule has 1 N–H and O–H groups in total. The Morgan fingerprint density at radius 2 is 2.07 bits per heavy atom. The van der Waals surface area contributed by atoms with Crippen molar-refractivity contribution in [3.63, 3.8) is 0 Å². The molecule has 1 saturated heterocycles. The van der Waals surface area contributed by atoms with Crippen LogP contribution in [-0.2, 0) is 11.3 Å². The van der Waals surface area contributed by atoms with Gasteiger partial charge in [0.25, 0.3) is 11.1 Å². The molecule has 0 bridgehead atoms. The zero-order valence-electron chi connectivity index (χ0n) is 14.2. The summed E-state index contributed by atoms with van der Waals surface area (Å²) in [4.78, 5) is 26.0. The number of halogens is 2. The van der Waals surface area contributed by atoms with Crippen molar-refractivity contribution in [2.24, 2.45) is 0 Å². The highest BCUT2D eigenvalue weighted by atomic mass is 35.5. The number of phenols is 1. The van der Waals surface area contributed by atoms with E-state index in [1.165, 1.54) is 30.3 Å². The monoisotopic (exact) mass is 407 g/mol. The van der Waals surface area contributed by atoms with E-state index in [1.54, 1.807) is 19.1 Å². The summed E-state index contributed by atoms with van der Waals surface area (Å²) in [6.45, 7) is 1.91. The first kappa shape index (κ1) is 19.3. The first-order valence-electron chi connectivity index (χ1n) is 8.04. The Morgan fingerprint density at radius 1 is 1.30 bits per heavy atom. The van der Waals surface area contributed by atoms with Crippen LogP contribution in [0.15, 0.2) is 41.3 Å². The maximum atomic E-state index is 14.0. The molecule has 5 nitrogen and oxygen atoms in total. The average molecular weight is 408 g/mol. The van der Waals surface area contributed by atoms with E-state index in [1.807, 2.05) is 0 Å². The van der Waals surface area contributed by atoms with E-state index >= 15 is 0 Å². The maximum absolute atomic E-state index is 14.0. The lowest BCUT2D eigenvalue weighted by atomic mass is 10.1. The van der Waals surface area contributed by atoms with Gasteiger partial charge >= 0.3 is 0 Å². The van der Waals surface area contributed by atoms with Gasteiger partial charge in [0, 0.05) is 10.6 Å². The summed E-state index contributed by atoms with van der Waals surface area (Å²) in [5, 5.41) is 9.40. The molecule has 1 aliphatic heterocycles. The van der Waals surface area contributed by atoms with Gasteiger partial charge in [-0.2, -0.15) is 0 Å². The van der Waals surface area contributed by atoms with Gasteiger partial charge in [0.05, 0.1) is 18.1 Å². The molecule has 1 aliphatic rings. The van der Waals surface area contributed by atoms with Gasteiger partial charge in [0.1, 0.15) is 5.82 Å². The van der Waals surface area contributed by atoms with Crippen LogP contribution in [0.4, 0.5) is 9.18 Å². The molecule has 3 rings (SSSR count). The van der Waals surface area contributed by atoms with Crippen molar-refractivity contribution in [1.29, 1.82) is 0 Å². The number of nitrogens with zero attached hydrogens (tertiary/aromatic N) is 1. The maximum Gasteiger partial charge on any atom is 0.293 e. The summed E-state index contributed by atoms with van der Waals surface area (Å²) in [5.41, 5.74) is 0.677. The number of hydrogen-bond donors (Lipinski definition) is 1. The molecule has 2 aromatic rings. The van der Waals surface area contributed by atoms with Crippen LogP contribution in [0.1, 0.15) is 18.1 Å². The van der Waals surface area contributed by atoms with E-state index in [0.29, 0.717) is 12.2 Å². The van der Waals surface area contributed by atoms with Gasteiger partial charge in [-0.3, -0.25) is 14.5 Å². The Kier molecular flexibility index (Phi) is 5.72. The third-order valence-electron chi connectivity index (χ3n) is 3.83. The number of rotatable bonds is 5. The summed E-state index contributed by atoms with van der Waals surface area (Å²) < 4.78 is 19.3. The van der Waals surface area contributed by atoms with Crippen LogP contribution >= 0.6 is 23.4 Å². The lowest BCUT2D eigenvalue weighted by Crippen LogP contribution is -2.28. The molecular weight excluding hydrogens is 393 g/mol. The van der Waals surface area contributed by atoms with Crippen LogP contribution in [0.25, 0.3) is 6.08 Å². The Morgan fingerprint density at radius 3 is 2.78 bits per heavy atom. The van der Waals surface area contributed by atoms with Crippen molar-refractivity contribution < 1.29 is 23.8 Å². The molecule has 0 atom stereocenters. The molecule has 0 aliphatic carbocycles. The second-order valence-corrected chi connectivity index (χ2v) is 7.03. The second kappa shape index (κ2) is 8.02. The van der Waals surface area contributed by atoms with Gasteiger partial charge in [-0.15, -0.1) is 0 Å². The van der Waals surface area contributed by atoms with E-state index in [9.17, 15) is 19.1 Å². The highest BCUT2D eigenvalue weighted by Gasteiger charge is 2.35. The predicted octanol–water partition coefficient (Wildman–Crippen LogP) is 4.82. The minimum absolute atomic E-state index is 0.0173. The molecule has 2 aromatic carbocycles. The SMILES string of the molecule is CCOc1cc(C=C2SC(=O)N(Cc3c(F)cccc3Cl)C2=O)ccc1O. The topological polar surface area (TPSA) is 66.8 Å². The second-order valence-electron chi connectivity index (χ2n) is 5.63. The summed E-state index contributed by atoms with van der Waals surface area (Å²) in [7, 11) is 0. The predicted molar refractivity (Wildman–Crippen MR) is 102 cm³/mol. The summed E-state index contributed by atoms with van der Waals surface area (Å²) in [6.07, 6.45) is 1.52. The quantitative estimate of drug-likeness (QED) is 0.720. The van der Waals surface area contributed by atoms with E-state index in [0.717, 1.165) is 16.7 Å². The number of carbonyl (C=O) groups is 2. The Bertz CT molecular complexity index is 927. The first-order chi connectivity index (χ1) is 12.9. The number of ether oxygens (including phenoxy) is 1. The third-order valence-corrected chi connectivity index (χ3v) is 5.09. The van der Waals surface area contributed by atoms with E-state index in [2.05, 4.69) is 0 Å². The fourth-order valence-electron chi connectivity index (χ4n) is 2.52. The van der Waals surface area contributed by atoms with Crippen molar-refractivity contribution >= 4 is 40.6 Å². The molecule has 1 heterocycles. The fourth-order valence-corrected chi connectivity index (χ4v) is 3.58. The molecule has 0 radical (unpaired) electrons. The zero-order chi connectivity index (χ0) is 19.6. The molecule has 0 saturated carbocycles. The highest BCUT2D eigenvalue weighted by molar-refractivity contribution is 8.18. The molecule has 0 aromatic heterocycles. The van der Waals surface area contributed by atoms with Crippen molar-refractivity contribution in [3.8, 4) is 11.5 Å². The molecule has 8 heteroatoms. The number of benzene rings is 2. The van der Waals surface area contributed by atoms with Crippen molar-refractivity contribution in [2.75, 3.05) is 6.61 Å². The fraction of sp³-hybridized carbons (Fsp3) is 0.158. The Hall–Kier alpha value is -2.51. The molecule has 1 fully saturated rings. The van der Waals surface area contributed by atoms with Crippen molar-refractivity contribution in [2.45, 2.75) is 13.5 Å². The third kappa shape index (κ3) is 4.09. The van der Waals surface area contributed by atoms with Gasteiger partial charge in [0.15, 0.2) is 11.5 Å². The average Bonchev–Trinajstić information content (AvgIpc) is 2.88. The molecule has 2 amide bonds. The number of amides is 2. The van der Waals surface area contributed by atoms with Crippen LogP contribution in [0.5, 0.6) is 11.5 Å². The largest absolute Gasteiger partial charge is 0.504 e. The summed E-state index contributed by atoms with van der Waals surface area (Å²) in [6, 6.07) is 8.79. The van der Waals surface area contributed by atoms with Gasteiger partial charge in [0.2, 0.25) is 0 Å². The lowest BCUT2D eigenvalue weighted by Gasteiger charge is -2.14. The van der Waals surface area contributed by atoms with Crippen LogP contribution in [0.3, 0.4) is 0 Å². The number of thioether (sulfide) groups is 1. The molecule has 27 heavy (non-hydrogen) atoms. The normalized spacial score (nSPS) is 15.7. The highest BCUT2D eigenvalue weighted by Crippen LogP contribution is 2.36. The standard InChI is InChI=1S/C19H15ClFNO4S/c1-2-26-16-8-11(6-7-15(16)23)9-17-18(24)22(19(25)27-17)10-12-13(20)4-3-5-14(12)21/h3-9,23H,2,10H2,1H3. The van der Waals surface area contributed by atoms with Crippen molar-refractivity contribution in [3.05, 3.63) is 63.3 Å². The number of hydrogen-bond acceptors (Lipinski definition) is 5. The van der Waals surface area contributed by atoms with Gasteiger partial charge in [-0.25, -0.2) is 4.39 Å². The van der Waals surface area contributed by atoms with Crippen LogP contribution in [0.2, 0.25) is 5.02 Å². The summed E-state index contributed by atoms with van der Waals surface area (Å²) in [5.74, 6) is -0.847. The van der Waals surface area contributed by atoms with Gasteiger partial charge in [-0.1, -0.05) is 23.7 Å². The van der Waals surface area contributed by atoms with E-state index in [-0.39, 0.29) is 33.5 Å². The van der Waals surface area contributed by atoms with Crippen LogP contribution in [0, 0.1) is 5.82 Å². The number of imide groups is 1. The van der Waals surface area contributed by atoms with Gasteiger partial charge < -0.3 is 9.84 Å². The minimum atomic E-state index is -0.578. The van der Waals surface area contributed by atoms with E-state index < -0.39 is 17.0 Å². The minimum Gasteiger partial charge on any atom is -0.504 e. The van der Waals surface area contributed by atoms with Crippen LogP contribution < -0.4 is 4.74 Å². The lowest BCUT2D eigenvalue weighted by molar-refractivity contribution is -0.123. The van der Waals surface area contributed by atoms with Crippen molar-refractivity contribution in [1.82, 2.24) is 4.90 Å². The molecule has 140 valence electrons. The number of aromatic hydroxyl groups is 1. The van der Waals surface area contributed by atoms with Crippen LogP contribution in [-0.4, -0.2) is 27.8 Å². The van der Waals surface area contributed by atoms with Gasteiger partial charge in [-0.05, 0) is 54.6 Å². The molecule has 0 spiro atoms. The Labute approximate surface area is 164 Å². The zero-order valence-corrected chi connectivity index (χ0v) is 15.8. The first-order valence-corrected chi connectivity index (χ1v) is 9.24. The number of phenolic OH excluding ortho intramolecular Hbond substituents is 1.